The molecule has 3 atom stereocenters. The van der Waals surface area contributed by atoms with Crippen LogP contribution in [0.25, 0.3) is 11.3 Å². The molecule has 192 valence electrons. The molecule has 2 bridgehead atoms. The Balaban J connectivity index is 1.23. The predicted octanol–water partition coefficient (Wildman–Crippen LogP) is 2.08. The summed E-state index contributed by atoms with van der Waals surface area (Å²) in [6.45, 7) is 5.34. The molecule has 10 nitrogen and oxygen atoms in total. The summed E-state index contributed by atoms with van der Waals surface area (Å²) in [5.74, 6) is 1.36. The molecule has 1 N–H and O–H groups in total. The molecule has 3 saturated heterocycles. The molecule has 0 unspecified atom stereocenters. The second-order valence-electron chi connectivity index (χ2n) is 9.95. The van der Waals surface area contributed by atoms with Gasteiger partial charge in [-0.15, -0.1) is 0 Å². The van der Waals surface area contributed by atoms with Crippen LogP contribution in [0.2, 0.25) is 0 Å². The number of nitrogens with one attached hydrogen (secondary N) is 1. The number of hydrogen-bond donors (Lipinski definition) is 1. The highest BCUT2D eigenvalue weighted by Gasteiger charge is 2.46. The number of piperazine rings is 1. The van der Waals surface area contributed by atoms with Crippen LogP contribution in [-0.4, -0.2) is 89.8 Å². The molecule has 10 heteroatoms. The van der Waals surface area contributed by atoms with E-state index in [2.05, 4.69) is 15.2 Å². The summed E-state index contributed by atoms with van der Waals surface area (Å²) < 4.78 is 10.9. The summed E-state index contributed by atoms with van der Waals surface area (Å²) in [5.41, 5.74) is 1.40. The first-order valence-corrected chi connectivity index (χ1v) is 12.6. The van der Waals surface area contributed by atoms with Crippen molar-refractivity contribution >= 4 is 23.4 Å². The van der Waals surface area contributed by atoms with E-state index in [1.165, 1.54) is 6.39 Å². The minimum Gasteiger partial charge on any atom is -0.496 e. The van der Waals surface area contributed by atoms with Gasteiger partial charge in [0, 0.05) is 57.4 Å². The van der Waals surface area contributed by atoms with E-state index in [1.807, 2.05) is 21.9 Å². The van der Waals surface area contributed by atoms with Gasteiger partial charge in [0.2, 0.25) is 17.7 Å². The van der Waals surface area contributed by atoms with Crippen molar-refractivity contribution in [1.82, 2.24) is 19.7 Å². The molecule has 2 aromatic rings. The van der Waals surface area contributed by atoms with Crippen LogP contribution >= 0.6 is 0 Å². The number of rotatable bonds is 6. The van der Waals surface area contributed by atoms with Crippen LogP contribution in [0, 0.1) is 11.8 Å². The molecule has 1 aromatic heterocycles. The standard InChI is InChI=1S/C26H33N5O5/c1-17(32)30-9-7-29(8-10-30)15-25(33)31-14-18-3-6-22(31)21(11-18)26(34)28-19-4-5-20(23(12-19)35-2)24-13-27-16-36-24/h4-5,12-13,16,18,21-22H,3,6-11,14-15H2,1-2H3,(H,28,34)/t18-,21-,22+/m1/s1. The zero-order valence-corrected chi connectivity index (χ0v) is 20.8. The SMILES string of the molecule is COc1cc(NC(=O)[C@@H]2C[C@H]3CC[C@@H]2N(C(=O)CN2CCN(C(C)=O)CC2)C3)ccc1-c1cnco1. The van der Waals surface area contributed by atoms with Crippen molar-refractivity contribution in [1.29, 1.82) is 0 Å². The molecule has 3 amide bonds. The molecule has 4 aliphatic rings. The maximum atomic E-state index is 13.4. The first-order valence-electron chi connectivity index (χ1n) is 12.6. The molecule has 1 saturated carbocycles. The van der Waals surface area contributed by atoms with Crippen molar-refractivity contribution in [2.24, 2.45) is 11.8 Å². The van der Waals surface area contributed by atoms with Crippen molar-refractivity contribution in [2.75, 3.05) is 51.7 Å². The minimum absolute atomic E-state index is 0.0632. The monoisotopic (exact) mass is 495 g/mol. The minimum atomic E-state index is -0.240. The molecule has 0 radical (unpaired) electrons. The lowest BCUT2D eigenvalue weighted by molar-refractivity contribution is -0.146. The van der Waals surface area contributed by atoms with E-state index in [-0.39, 0.29) is 29.7 Å². The molecular weight excluding hydrogens is 462 g/mol. The van der Waals surface area contributed by atoms with Crippen LogP contribution in [0.15, 0.2) is 35.2 Å². The van der Waals surface area contributed by atoms with Gasteiger partial charge in [0.15, 0.2) is 12.2 Å². The molecule has 3 aliphatic heterocycles. The van der Waals surface area contributed by atoms with Gasteiger partial charge in [0.05, 0.1) is 31.3 Å². The molecule has 6 rings (SSSR count). The first-order chi connectivity index (χ1) is 17.4. The lowest BCUT2D eigenvalue weighted by atomic mass is 9.72. The average molecular weight is 496 g/mol. The van der Waals surface area contributed by atoms with Gasteiger partial charge in [0.25, 0.3) is 0 Å². The van der Waals surface area contributed by atoms with E-state index in [9.17, 15) is 14.4 Å². The van der Waals surface area contributed by atoms with Gasteiger partial charge in [-0.25, -0.2) is 4.98 Å². The zero-order chi connectivity index (χ0) is 25.2. The van der Waals surface area contributed by atoms with Crippen molar-refractivity contribution in [3.63, 3.8) is 0 Å². The maximum Gasteiger partial charge on any atom is 0.237 e. The van der Waals surface area contributed by atoms with Gasteiger partial charge >= 0.3 is 0 Å². The zero-order valence-electron chi connectivity index (χ0n) is 20.8. The highest BCUT2D eigenvalue weighted by Crippen LogP contribution is 2.40. The van der Waals surface area contributed by atoms with Crippen LogP contribution in [-0.2, 0) is 14.4 Å². The number of methoxy groups -OCH3 is 1. The fourth-order valence-electron chi connectivity index (χ4n) is 5.82. The molecule has 0 spiro atoms. The first kappa shape index (κ1) is 24.3. The van der Waals surface area contributed by atoms with E-state index in [4.69, 9.17) is 9.15 Å². The van der Waals surface area contributed by atoms with Crippen LogP contribution in [0.5, 0.6) is 5.75 Å². The molecule has 4 heterocycles. The lowest BCUT2D eigenvalue weighted by Gasteiger charge is -2.49. The highest BCUT2D eigenvalue weighted by atomic mass is 16.5. The van der Waals surface area contributed by atoms with E-state index in [0.29, 0.717) is 55.8 Å². The summed E-state index contributed by atoms with van der Waals surface area (Å²) in [5, 5.41) is 3.05. The Morgan fingerprint density at radius 3 is 2.64 bits per heavy atom. The van der Waals surface area contributed by atoms with Crippen LogP contribution in [0.4, 0.5) is 5.69 Å². The smallest absolute Gasteiger partial charge is 0.237 e. The van der Waals surface area contributed by atoms with Gasteiger partial charge in [-0.1, -0.05) is 0 Å². The summed E-state index contributed by atoms with van der Waals surface area (Å²) in [6, 6.07) is 5.35. The number of amides is 3. The number of anilines is 1. The second-order valence-corrected chi connectivity index (χ2v) is 9.95. The van der Waals surface area contributed by atoms with Crippen LogP contribution < -0.4 is 10.1 Å². The Morgan fingerprint density at radius 1 is 1.17 bits per heavy atom. The quantitative estimate of drug-likeness (QED) is 0.654. The lowest BCUT2D eigenvalue weighted by Crippen LogP contribution is -2.60. The summed E-state index contributed by atoms with van der Waals surface area (Å²) in [6.07, 6.45) is 5.67. The van der Waals surface area contributed by atoms with Crippen molar-refractivity contribution in [3.8, 4) is 17.1 Å². The van der Waals surface area contributed by atoms with Gasteiger partial charge in [-0.05, 0) is 37.3 Å². The number of nitrogens with zero attached hydrogens (tertiary/aromatic N) is 4. The van der Waals surface area contributed by atoms with Crippen molar-refractivity contribution < 1.29 is 23.5 Å². The summed E-state index contributed by atoms with van der Waals surface area (Å²) in [4.78, 5) is 48.0. The van der Waals surface area contributed by atoms with Crippen molar-refractivity contribution in [2.45, 2.75) is 32.2 Å². The number of carbonyl (C=O) groups is 3. The van der Waals surface area contributed by atoms with Gasteiger partial charge < -0.3 is 24.3 Å². The number of fused-ring (bicyclic) bond motifs is 3. The second kappa shape index (κ2) is 10.3. The Kier molecular flexibility index (Phi) is 6.95. The molecule has 1 aliphatic carbocycles. The summed E-state index contributed by atoms with van der Waals surface area (Å²) in [7, 11) is 1.57. The van der Waals surface area contributed by atoms with Crippen molar-refractivity contribution in [3.05, 3.63) is 30.8 Å². The Labute approximate surface area is 210 Å². The number of aromatic nitrogens is 1. The van der Waals surface area contributed by atoms with E-state index >= 15 is 0 Å². The number of piperidine rings is 2. The van der Waals surface area contributed by atoms with E-state index in [0.717, 1.165) is 31.4 Å². The largest absolute Gasteiger partial charge is 0.496 e. The molecule has 4 fully saturated rings. The third kappa shape index (κ3) is 4.95. The topological polar surface area (TPSA) is 108 Å². The Morgan fingerprint density at radius 2 is 1.97 bits per heavy atom. The summed E-state index contributed by atoms with van der Waals surface area (Å²) >= 11 is 0. The highest BCUT2D eigenvalue weighted by molar-refractivity contribution is 5.94. The van der Waals surface area contributed by atoms with Gasteiger partial charge in [0.1, 0.15) is 5.75 Å². The molecule has 1 aromatic carbocycles. The number of ether oxygens (including phenoxy) is 1. The Hall–Kier alpha value is -3.40. The fraction of sp³-hybridized carbons (Fsp3) is 0.538. The molecular formula is C26H33N5O5. The molecule has 36 heavy (non-hydrogen) atoms. The third-order valence-corrected chi connectivity index (χ3v) is 7.78. The number of oxazole rings is 1. The van der Waals surface area contributed by atoms with E-state index in [1.54, 1.807) is 26.3 Å². The Bertz CT molecular complexity index is 1110. The predicted molar refractivity (Wildman–Crippen MR) is 132 cm³/mol. The number of carbonyl (C=O) groups excluding carboxylic acids is 3. The van der Waals surface area contributed by atoms with Gasteiger partial charge in [-0.3, -0.25) is 19.3 Å². The fourth-order valence-corrected chi connectivity index (χ4v) is 5.82. The third-order valence-electron chi connectivity index (χ3n) is 7.78. The van der Waals surface area contributed by atoms with Gasteiger partial charge in [-0.2, -0.15) is 0 Å². The van der Waals surface area contributed by atoms with Crippen LogP contribution in [0.3, 0.4) is 0 Å². The maximum absolute atomic E-state index is 13.4. The normalized spacial score (nSPS) is 24.0. The van der Waals surface area contributed by atoms with E-state index < -0.39 is 0 Å². The average Bonchev–Trinajstić information content (AvgIpc) is 3.44. The number of benzene rings is 1. The number of hydrogen-bond acceptors (Lipinski definition) is 7. The van der Waals surface area contributed by atoms with Crippen LogP contribution in [0.1, 0.15) is 26.2 Å².